The van der Waals surface area contributed by atoms with Crippen LogP contribution in [0, 0.1) is 17.8 Å². The molecule has 148 valence electrons. The van der Waals surface area contributed by atoms with Gasteiger partial charge in [0, 0.05) is 5.54 Å². The summed E-state index contributed by atoms with van der Waals surface area (Å²) in [4.78, 5) is 12.8. The van der Waals surface area contributed by atoms with E-state index in [1.54, 1.807) is 13.2 Å². The number of carbonyl (C=O) groups excluding carboxylic acids is 1. The van der Waals surface area contributed by atoms with Crippen molar-refractivity contribution in [2.24, 2.45) is 17.8 Å². The van der Waals surface area contributed by atoms with Gasteiger partial charge in [-0.05, 0) is 92.7 Å². The Balaban J connectivity index is 1.20. The molecule has 0 unspecified atom stereocenters. The predicted octanol–water partition coefficient (Wildman–Crippen LogP) is 4.57. The Hall–Kier alpha value is -2.43. The van der Waals surface area contributed by atoms with Crippen LogP contribution >= 0.6 is 0 Å². The van der Waals surface area contributed by atoms with Crippen molar-refractivity contribution >= 4 is 5.91 Å². The summed E-state index contributed by atoms with van der Waals surface area (Å²) in [5, 5.41) is 3.35. The molecule has 5 nitrogen and oxygen atoms in total. The van der Waals surface area contributed by atoms with Gasteiger partial charge in [-0.15, -0.1) is 0 Å². The second-order valence-corrected chi connectivity index (χ2v) is 8.88. The lowest BCUT2D eigenvalue weighted by atomic mass is 9.53. The molecule has 5 heteroatoms. The van der Waals surface area contributed by atoms with Crippen molar-refractivity contribution in [2.45, 2.75) is 50.7 Å². The van der Waals surface area contributed by atoms with Crippen LogP contribution in [0.15, 0.2) is 40.8 Å². The summed E-state index contributed by atoms with van der Waals surface area (Å²) < 4.78 is 16.6. The van der Waals surface area contributed by atoms with Gasteiger partial charge in [0.05, 0.1) is 7.11 Å². The molecule has 2 aromatic rings. The van der Waals surface area contributed by atoms with E-state index in [0.29, 0.717) is 11.5 Å². The Bertz CT molecular complexity index is 818. The lowest BCUT2D eigenvalue weighted by Crippen LogP contribution is -2.59. The van der Waals surface area contributed by atoms with Crippen LogP contribution < -0.4 is 14.8 Å². The largest absolute Gasteiger partial charge is 0.497 e. The molecule has 6 rings (SSSR count). The zero-order valence-corrected chi connectivity index (χ0v) is 16.3. The van der Waals surface area contributed by atoms with Gasteiger partial charge in [0.1, 0.15) is 23.9 Å². The Labute approximate surface area is 165 Å². The summed E-state index contributed by atoms with van der Waals surface area (Å²) in [5.41, 5.74) is -0.00161. The third-order valence-corrected chi connectivity index (χ3v) is 6.74. The first-order valence-corrected chi connectivity index (χ1v) is 10.3. The van der Waals surface area contributed by atoms with Crippen LogP contribution in [0.2, 0.25) is 0 Å². The number of amides is 1. The molecule has 4 aliphatic rings. The topological polar surface area (TPSA) is 60.7 Å². The molecular weight excluding hydrogens is 354 g/mol. The number of nitrogens with one attached hydrogen (secondary N) is 1. The molecule has 4 fully saturated rings. The molecule has 1 N–H and O–H groups in total. The van der Waals surface area contributed by atoms with E-state index < -0.39 is 0 Å². The maximum absolute atomic E-state index is 12.8. The fraction of sp³-hybridized carbons (Fsp3) is 0.522. The van der Waals surface area contributed by atoms with Crippen molar-refractivity contribution in [3.05, 3.63) is 47.9 Å². The van der Waals surface area contributed by atoms with Crippen LogP contribution in [-0.2, 0) is 6.61 Å². The van der Waals surface area contributed by atoms with E-state index in [1.165, 1.54) is 19.3 Å². The SMILES string of the molecule is COc1ccc(OCc2ccc(C(=O)NC34CC5CC(CC(C5)C3)C4)o2)cc1. The number of hydrogen-bond acceptors (Lipinski definition) is 4. The van der Waals surface area contributed by atoms with Crippen LogP contribution in [0.4, 0.5) is 0 Å². The molecule has 1 aromatic heterocycles. The number of carbonyl (C=O) groups is 1. The van der Waals surface area contributed by atoms with Crippen molar-refractivity contribution in [3.8, 4) is 11.5 Å². The van der Waals surface area contributed by atoms with Gasteiger partial charge in [0.2, 0.25) is 0 Å². The molecule has 0 radical (unpaired) electrons. The first kappa shape index (κ1) is 17.7. The van der Waals surface area contributed by atoms with E-state index >= 15 is 0 Å². The summed E-state index contributed by atoms with van der Waals surface area (Å²) in [6.45, 7) is 0.289. The summed E-state index contributed by atoms with van der Waals surface area (Å²) in [6, 6.07) is 11.0. The monoisotopic (exact) mass is 381 g/mol. The molecular formula is C23H27NO4. The molecule has 4 bridgehead atoms. The van der Waals surface area contributed by atoms with E-state index in [2.05, 4.69) is 5.32 Å². The van der Waals surface area contributed by atoms with Gasteiger partial charge in [-0.1, -0.05) is 0 Å². The predicted molar refractivity (Wildman–Crippen MR) is 104 cm³/mol. The third kappa shape index (κ3) is 3.38. The number of ether oxygens (including phenoxy) is 2. The molecule has 1 heterocycles. The van der Waals surface area contributed by atoms with E-state index in [-0.39, 0.29) is 18.1 Å². The molecule has 28 heavy (non-hydrogen) atoms. The Morgan fingerprint density at radius 1 is 1.00 bits per heavy atom. The molecule has 0 saturated heterocycles. The van der Waals surface area contributed by atoms with E-state index in [4.69, 9.17) is 13.9 Å². The highest BCUT2D eigenvalue weighted by Crippen LogP contribution is 2.55. The van der Waals surface area contributed by atoms with E-state index in [0.717, 1.165) is 48.5 Å². The van der Waals surface area contributed by atoms with Crippen LogP contribution in [-0.4, -0.2) is 18.6 Å². The van der Waals surface area contributed by atoms with Crippen LogP contribution in [0.1, 0.15) is 54.8 Å². The van der Waals surface area contributed by atoms with Crippen molar-refractivity contribution in [2.75, 3.05) is 7.11 Å². The van der Waals surface area contributed by atoms with Crippen LogP contribution in [0.5, 0.6) is 11.5 Å². The second kappa shape index (κ2) is 6.87. The van der Waals surface area contributed by atoms with Crippen molar-refractivity contribution in [3.63, 3.8) is 0 Å². The number of benzene rings is 1. The molecule has 4 saturated carbocycles. The summed E-state index contributed by atoms with van der Waals surface area (Å²) >= 11 is 0. The van der Waals surface area contributed by atoms with E-state index in [9.17, 15) is 4.79 Å². The average molecular weight is 381 g/mol. The number of methoxy groups -OCH3 is 1. The van der Waals surface area contributed by atoms with Crippen molar-refractivity contribution in [1.29, 1.82) is 0 Å². The summed E-state index contributed by atoms with van der Waals surface area (Å²) in [7, 11) is 1.63. The third-order valence-electron chi connectivity index (χ3n) is 6.74. The highest BCUT2D eigenvalue weighted by atomic mass is 16.5. The Morgan fingerprint density at radius 2 is 1.61 bits per heavy atom. The minimum atomic E-state index is -0.0855. The fourth-order valence-electron chi connectivity index (χ4n) is 5.97. The van der Waals surface area contributed by atoms with Gasteiger partial charge in [0.15, 0.2) is 5.76 Å². The maximum Gasteiger partial charge on any atom is 0.287 e. The molecule has 1 aromatic carbocycles. The second-order valence-electron chi connectivity index (χ2n) is 8.88. The van der Waals surface area contributed by atoms with Gasteiger partial charge >= 0.3 is 0 Å². The Morgan fingerprint density at radius 3 is 2.21 bits per heavy atom. The van der Waals surface area contributed by atoms with Crippen molar-refractivity contribution in [1.82, 2.24) is 5.32 Å². The lowest BCUT2D eigenvalue weighted by Gasteiger charge is -2.56. The van der Waals surface area contributed by atoms with Crippen molar-refractivity contribution < 1.29 is 18.7 Å². The van der Waals surface area contributed by atoms with Gasteiger partial charge < -0.3 is 19.2 Å². The zero-order chi connectivity index (χ0) is 19.1. The quantitative estimate of drug-likeness (QED) is 0.796. The van der Waals surface area contributed by atoms with Crippen LogP contribution in [0.25, 0.3) is 0 Å². The highest BCUT2D eigenvalue weighted by Gasteiger charge is 2.51. The van der Waals surface area contributed by atoms with Gasteiger partial charge in [0.25, 0.3) is 5.91 Å². The summed E-state index contributed by atoms with van der Waals surface area (Å²) in [6.07, 6.45) is 7.50. The number of furan rings is 1. The normalized spacial score (nSPS) is 30.2. The first-order chi connectivity index (χ1) is 13.6. The smallest absolute Gasteiger partial charge is 0.287 e. The minimum absolute atomic E-state index is 0.00161. The zero-order valence-electron chi connectivity index (χ0n) is 16.3. The fourth-order valence-corrected chi connectivity index (χ4v) is 5.97. The van der Waals surface area contributed by atoms with E-state index in [1.807, 2.05) is 30.3 Å². The van der Waals surface area contributed by atoms with Gasteiger partial charge in [-0.3, -0.25) is 4.79 Å². The number of hydrogen-bond donors (Lipinski definition) is 1. The molecule has 0 atom stereocenters. The van der Waals surface area contributed by atoms with Gasteiger partial charge in [-0.25, -0.2) is 0 Å². The standard InChI is InChI=1S/C23H27NO4/c1-26-18-2-4-19(5-3-18)27-14-20-6-7-21(28-20)22(25)24-23-11-15-8-16(12-23)10-17(9-15)13-23/h2-7,15-17H,8-14H2,1H3,(H,24,25). The molecule has 0 spiro atoms. The highest BCUT2D eigenvalue weighted by molar-refractivity contribution is 5.92. The number of rotatable bonds is 6. The summed E-state index contributed by atoms with van der Waals surface area (Å²) in [5.74, 6) is 4.86. The van der Waals surface area contributed by atoms with Crippen LogP contribution in [0.3, 0.4) is 0 Å². The Kier molecular flexibility index (Phi) is 4.33. The molecule has 0 aliphatic heterocycles. The first-order valence-electron chi connectivity index (χ1n) is 10.3. The molecule has 1 amide bonds. The molecule has 4 aliphatic carbocycles. The average Bonchev–Trinajstić information content (AvgIpc) is 3.14. The minimum Gasteiger partial charge on any atom is -0.497 e. The maximum atomic E-state index is 12.8. The van der Waals surface area contributed by atoms with Gasteiger partial charge in [-0.2, -0.15) is 0 Å². The lowest BCUT2D eigenvalue weighted by molar-refractivity contribution is -0.0171.